The molecule has 0 aliphatic carbocycles. The molecule has 9 heteroatoms. The fraction of sp³-hybridized carbons (Fsp3) is 0.357. The molecule has 0 spiro atoms. The number of aliphatic imine (C=N–C) groups is 1. The van der Waals surface area contributed by atoms with E-state index in [0.29, 0.717) is 41.0 Å². The number of rotatable bonds is 11. The summed E-state index contributed by atoms with van der Waals surface area (Å²) in [6.07, 6.45) is 0.875. The van der Waals surface area contributed by atoms with E-state index in [2.05, 4.69) is 23.8 Å². The maximum absolute atomic E-state index is 13.4. The zero-order valence-electron chi connectivity index (χ0n) is 21.5. The van der Waals surface area contributed by atoms with Crippen LogP contribution in [0.2, 0.25) is 0 Å². The van der Waals surface area contributed by atoms with E-state index in [1.54, 1.807) is 6.07 Å². The molecule has 1 atom stereocenters. The van der Waals surface area contributed by atoms with Crippen molar-refractivity contribution < 1.29 is 13.2 Å². The second kappa shape index (κ2) is 12.9. The van der Waals surface area contributed by atoms with Crippen molar-refractivity contribution in [2.24, 2.45) is 10.7 Å². The highest BCUT2D eigenvalue weighted by molar-refractivity contribution is 7.22. The molecule has 5 nitrogen and oxygen atoms in total. The zero-order chi connectivity index (χ0) is 27.0. The standard InChI is InChI=1S/C28H34F3N5S/c1-5-7-10-17-36(20(4)33-27-35-24-15-8-9-16-25(24)37-27)26(19(3)32)34-23(12-6-2)21-13-11-14-22(18-21)28(29,30)31/h8-9,11-16,18-19H,4-7,10,17,32H2,1-3H3,(H,33,35)/b23-12-,34-26+. The minimum atomic E-state index is -4.44. The zero-order valence-corrected chi connectivity index (χ0v) is 22.3. The Morgan fingerprint density at radius 2 is 1.95 bits per heavy atom. The first-order valence-corrected chi connectivity index (χ1v) is 13.3. The molecule has 198 valence electrons. The summed E-state index contributed by atoms with van der Waals surface area (Å²) in [5.74, 6) is 1.08. The number of unbranched alkanes of at least 4 members (excludes halogenated alkanes) is 2. The van der Waals surface area contributed by atoms with Crippen molar-refractivity contribution in [3.05, 3.63) is 78.1 Å². The first kappa shape index (κ1) is 28.4. The van der Waals surface area contributed by atoms with Gasteiger partial charge in [0.25, 0.3) is 0 Å². The largest absolute Gasteiger partial charge is 0.416 e. The summed E-state index contributed by atoms with van der Waals surface area (Å²) in [4.78, 5) is 11.4. The monoisotopic (exact) mass is 529 g/mol. The summed E-state index contributed by atoms with van der Waals surface area (Å²) >= 11 is 1.52. The van der Waals surface area contributed by atoms with Crippen LogP contribution in [-0.2, 0) is 6.18 Å². The lowest BCUT2D eigenvalue weighted by Crippen LogP contribution is -2.43. The summed E-state index contributed by atoms with van der Waals surface area (Å²) < 4.78 is 41.2. The van der Waals surface area contributed by atoms with Gasteiger partial charge in [0.15, 0.2) is 5.13 Å². The number of allylic oxidation sites excluding steroid dienone is 1. The van der Waals surface area contributed by atoms with Gasteiger partial charge in [0.1, 0.15) is 11.7 Å². The number of aromatic nitrogens is 1. The third-order valence-electron chi connectivity index (χ3n) is 5.66. The van der Waals surface area contributed by atoms with E-state index < -0.39 is 17.8 Å². The molecular weight excluding hydrogens is 495 g/mol. The van der Waals surface area contributed by atoms with E-state index in [4.69, 9.17) is 10.7 Å². The van der Waals surface area contributed by atoms with Gasteiger partial charge in [0.2, 0.25) is 0 Å². The maximum Gasteiger partial charge on any atom is 0.416 e. The minimum Gasteiger partial charge on any atom is -0.322 e. The molecule has 1 aromatic heterocycles. The summed E-state index contributed by atoms with van der Waals surface area (Å²) in [5, 5.41) is 3.99. The first-order chi connectivity index (χ1) is 17.6. The smallest absolute Gasteiger partial charge is 0.322 e. The molecule has 3 N–H and O–H groups in total. The highest BCUT2D eigenvalue weighted by Crippen LogP contribution is 2.32. The van der Waals surface area contributed by atoms with Gasteiger partial charge in [-0.2, -0.15) is 13.2 Å². The van der Waals surface area contributed by atoms with Gasteiger partial charge < -0.3 is 16.0 Å². The molecule has 0 fully saturated rings. The van der Waals surface area contributed by atoms with Crippen LogP contribution in [0.1, 0.15) is 57.6 Å². The maximum atomic E-state index is 13.4. The summed E-state index contributed by atoms with van der Waals surface area (Å²) in [6.45, 7) is 10.7. The van der Waals surface area contributed by atoms with Gasteiger partial charge in [-0.05, 0) is 44.0 Å². The summed E-state index contributed by atoms with van der Waals surface area (Å²) in [7, 11) is 0. The number of nitrogens with two attached hydrogens (primary N) is 1. The van der Waals surface area contributed by atoms with Gasteiger partial charge >= 0.3 is 6.18 Å². The van der Waals surface area contributed by atoms with Crippen LogP contribution in [0.3, 0.4) is 0 Å². The molecule has 3 rings (SSSR count). The van der Waals surface area contributed by atoms with E-state index >= 15 is 0 Å². The van der Waals surface area contributed by atoms with Gasteiger partial charge in [-0.15, -0.1) is 0 Å². The van der Waals surface area contributed by atoms with Gasteiger partial charge in [0, 0.05) is 12.1 Å². The third-order valence-corrected chi connectivity index (χ3v) is 6.61. The predicted octanol–water partition coefficient (Wildman–Crippen LogP) is 7.89. The number of alkyl halides is 3. The van der Waals surface area contributed by atoms with Crippen molar-refractivity contribution in [2.45, 2.75) is 58.7 Å². The van der Waals surface area contributed by atoms with E-state index in [1.807, 2.05) is 49.1 Å². The van der Waals surface area contributed by atoms with Crippen LogP contribution in [0, 0.1) is 0 Å². The number of benzene rings is 2. The summed E-state index contributed by atoms with van der Waals surface area (Å²) in [6, 6.07) is 12.6. The highest BCUT2D eigenvalue weighted by Gasteiger charge is 2.30. The quantitative estimate of drug-likeness (QED) is 0.151. The van der Waals surface area contributed by atoms with Gasteiger partial charge in [0.05, 0.1) is 27.5 Å². The van der Waals surface area contributed by atoms with E-state index in [0.717, 1.165) is 41.6 Å². The lowest BCUT2D eigenvalue weighted by molar-refractivity contribution is -0.137. The van der Waals surface area contributed by atoms with Gasteiger partial charge in [-0.25, -0.2) is 9.98 Å². The Kier molecular flexibility index (Phi) is 9.88. The van der Waals surface area contributed by atoms with Crippen LogP contribution in [0.15, 0.2) is 72.0 Å². The molecule has 2 aromatic carbocycles. The molecule has 37 heavy (non-hydrogen) atoms. The van der Waals surface area contributed by atoms with Crippen molar-refractivity contribution >= 4 is 38.2 Å². The Bertz CT molecular complexity index is 1230. The molecule has 3 aromatic rings. The van der Waals surface area contributed by atoms with E-state index in [9.17, 15) is 13.2 Å². The van der Waals surface area contributed by atoms with Crippen molar-refractivity contribution in [3.8, 4) is 0 Å². The molecule has 0 bridgehead atoms. The third kappa shape index (κ3) is 7.66. The fourth-order valence-electron chi connectivity index (χ4n) is 3.83. The number of fused-ring (bicyclic) bond motifs is 1. The number of hydrogen-bond donors (Lipinski definition) is 2. The number of nitrogens with zero attached hydrogens (tertiary/aromatic N) is 3. The Hall–Kier alpha value is -3.17. The highest BCUT2D eigenvalue weighted by atomic mass is 32.1. The predicted molar refractivity (Wildman–Crippen MR) is 149 cm³/mol. The molecule has 1 unspecified atom stereocenters. The number of para-hydroxylation sites is 1. The molecule has 0 saturated heterocycles. The molecular formula is C28H34F3N5S. The normalized spacial score (nSPS) is 13.6. The molecule has 1 heterocycles. The number of thiazole rings is 1. The first-order valence-electron chi connectivity index (χ1n) is 12.4. The minimum absolute atomic E-state index is 0.382. The lowest BCUT2D eigenvalue weighted by atomic mass is 10.1. The topological polar surface area (TPSA) is 66.5 Å². The Balaban J connectivity index is 1.99. The molecule has 0 aliphatic rings. The van der Waals surface area contributed by atoms with Crippen molar-refractivity contribution in [3.63, 3.8) is 0 Å². The Labute approximate surface area is 220 Å². The molecule has 0 radical (unpaired) electrons. The molecule has 0 aliphatic heterocycles. The fourth-order valence-corrected chi connectivity index (χ4v) is 4.72. The SMILES string of the molecule is C=C(Nc1nc2ccccc2s1)N(CCCCC)/C(=N/C(=C\CC)c1cccc(C(F)(F)F)c1)C(C)N. The van der Waals surface area contributed by atoms with E-state index in [-0.39, 0.29) is 0 Å². The van der Waals surface area contributed by atoms with E-state index in [1.165, 1.54) is 17.4 Å². The van der Waals surface area contributed by atoms with Crippen LogP contribution in [0.5, 0.6) is 0 Å². The number of amidine groups is 1. The van der Waals surface area contributed by atoms with Crippen LogP contribution >= 0.6 is 11.3 Å². The van der Waals surface area contributed by atoms with Crippen molar-refractivity contribution in [1.82, 2.24) is 9.88 Å². The Morgan fingerprint density at radius 1 is 1.19 bits per heavy atom. The van der Waals surface area contributed by atoms with Crippen LogP contribution in [0.4, 0.5) is 18.3 Å². The number of nitrogens with one attached hydrogen (secondary N) is 1. The number of halogens is 3. The Morgan fingerprint density at radius 3 is 2.59 bits per heavy atom. The van der Waals surface area contributed by atoms with Crippen LogP contribution in [0.25, 0.3) is 15.9 Å². The van der Waals surface area contributed by atoms with Crippen LogP contribution in [-0.4, -0.2) is 28.3 Å². The van der Waals surface area contributed by atoms with Crippen molar-refractivity contribution in [1.29, 1.82) is 0 Å². The average Bonchev–Trinajstić information content (AvgIpc) is 3.26. The summed E-state index contributed by atoms with van der Waals surface area (Å²) in [5.41, 5.74) is 7.39. The number of hydrogen-bond acceptors (Lipinski definition) is 5. The lowest BCUT2D eigenvalue weighted by Gasteiger charge is -2.30. The second-order valence-electron chi connectivity index (χ2n) is 8.75. The second-order valence-corrected chi connectivity index (χ2v) is 9.78. The van der Waals surface area contributed by atoms with Crippen molar-refractivity contribution in [2.75, 3.05) is 11.9 Å². The average molecular weight is 530 g/mol. The molecule has 0 amide bonds. The van der Waals surface area contributed by atoms with Gasteiger partial charge in [-0.3, -0.25) is 0 Å². The van der Waals surface area contributed by atoms with Gasteiger partial charge in [-0.1, -0.05) is 74.9 Å². The number of anilines is 1. The van der Waals surface area contributed by atoms with Crippen LogP contribution < -0.4 is 11.1 Å². The molecule has 0 saturated carbocycles.